The van der Waals surface area contributed by atoms with Crippen molar-refractivity contribution in [2.75, 3.05) is 20.8 Å². The zero-order chi connectivity index (χ0) is 15.9. The summed E-state index contributed by atoms with van der Waals surface area (Å²) in [6.45, 7) is 2.77. The predicted octanol–water partition coefficient (Wildman–Crippen LogP) is 1.31. The van der Waals surface area contributed by atoms with Crippen LogP contribution in [0.25, 0.3) is 11.4 Å². The maximum absolute atomic E-state index is 11.1. The molecule has 0 bridgehead atoms. The fourth-order valence-corrected chi connectivity index (χ4v) is 1.83. The monoisotopic (exact) mass is 306 g/mol. The summed E-state index contributed by atoms with van der Waals surface area (Å²) in [5.74, 6) is 1.39. The summed E-state index contributed by atoms with van der Waals surface area (Å²) in [7, 11) is 2.91. The average molecular weight is 306 g/mol. The van der Waals surface area contributed by atoms with E-state index in [1.807, 2.05) is 13.0 Å². The zero-order valence-electron chi connectivity index (χ0n) is 12.8. The number of ether oxygens (including phenoxy) is 3. The summed E-state index contributed by atoms with van der Waals surface area (Å²) in [6.07, 6.45) is 0.193. The summed E-state index contributed by atoms with van der Waals surface area (Å²) in [4.78, 5) is 12.5. The number of hydrogen-bond donors (Lipinski definition) is 0. The molecule has 0 atom stereocenters. The number of nitrogens with zero attached hydrogens (tertiary/aromatic N) is 4. The minimum atomic E-state index is -0.318. The maximum atomic E-state index is 11.1. The van der Waals surface area contributed by atoms with Gasteiger partial charge in [-0.15, -0.1) is 10.2 Å². The molecule has 0 aliphatic heterocycles. The second-order valence-corrected chi connectivity index (χ2v) is 4.33. The van der Waals surface area contributed by atoms with Crippen LogP contribution in [0.2, 0.25) is 0 Å². The number of carbonyl (C=O) groups is 1. The summed E-state index contributed by atoms with van der Waals surface area (Å²) in [5.41, 5.74) is 0.754. The van der Waals surface area contributed by atoms with Gasteiger partial charge in [-0.25, -0.2) is 0 Å². The van der Waals surface area contributed by atoms with Crippen LogP contribution in [0.15, 0.2) is 18.2 Å². The lowest BCUT2D eigenvalue weighted by Gasteiger charge is -2.09. The Labute approximate surface area is 128 Å². The molecule has 0 aliphatic rings. The molecular weight excluding hydrogens is 288 g/mol. The lowest BCUT2D eigenvalue weighted by Crippen LogP contribution is -2.09. The van der Waals surface area contributed by atoms with Gasteiger partial charge in [0.05, 0.1) is 33.8 Å². The summed E-state index contributed by atoms with van der Waals surface area (Å²) < 4.78 is 15.3. The Morgan fingerprint density at radius 2 is 2.09 bits per heavy atom. The molecule has 0 radical (unpaired) electrons. The molecule has 2 rings (SSSR count). The first-order valence-corrected chi connectivity index (χ1v) is 6.83. The minimum Gasteiger partial charge on any atom is -0.493 e. The first-order chi connectivity index (χ1) is 10.7. The van der Waals surface area contributed by atoms with Gasteiger partial charge in [0.25, 0.3) is 0 Å². The molecule has 0 saturated heterocycles. The first kappa shape index (κ1) is 15.7. The number of aromatic nitrogens is 4. The highest BCUT2D eigenvalue weighted by atomic mass is 16.5. The average Bonchev–Trinajstić information content (AvgIpc) is 3.02. The second-order valence-electron chi connectivity index (χ2n) is 4.33. The van der Waals surface area contributed by atoms with Crippen LogP contribution in [-0.2, 0) is 16.1 Å². The SMILES string of the molecule is CCOc1ccc(-c2nnn(CCC(=O)OC)n2)cc1OC. The number of rotatable bonds is 7. The quantitative estimate of drug-likeness (QED) is 0.712. The Kier molecular flexibility index (Phi) is 5.29. The van der Waals surface area contributed by atoms with Crippen LogP contribution in [0.5, 0.6) is 11.5 Å². The molecule has 0 unspecified atom stereocenters. The number of carbonyl (C=O) groups excluding carboxylic acids is 1. The van der Waals surface area contributed by atoms with Crippen molar-refractivity contribution in [1.82, 2.24) is 20.2 Å². The summed E-state index contributed by atoms with van der Waals surface area (Å²) >= 11 is 0. The molecule has 0 aliphatic carbocycles. The number of hydrogen-bond acceptors (Lipinski definition) is 7. The van der Waals surface area contributed by atoms with Gasteiger partial charge in [0, 0.05) is 5.56 Å². The van der Waals surface area contributed by atoms with Crippen LogP contribution >= 0.6 is 0 Å². The molecule has 0 saturated carbocycles. The van der Waals surface area contributed by atoms with Crippen molar-refractivity contribution >= 4 is 5.97 Å². The van der Waals surface area contributed by atoms with Crippen molar-refractivity contribution in [3.63, 3.8) is 0 Å². The van der Waals surface area contributed by atoms with Gasteiger partial charge < -0.3 is 14.2 Å². The number of esters is 1. The molecule has 118 valence electrons. The van der Waals surface area contributed by atoms with E-state index >= 15 is 0 Å². The van der Waals surface area contributed by atoms with E-state index < -0.39 is 0 Å². The molecule has 2 aromatic rings. The van der Waals surface area contributed by atoms with E-state index in [0.29, 0.717) is 30.5 Å². The van der Waals surface area contributed by atoms with Crippen molar-refractivity contribution < 1.29 is 19.0 Å². The fraction of sp³-hybridized carbons (Fsp3) is 0.429. The Bertz CT molecular complexity index is 642. The van der Waals surface area contributed by atoms with E-state index in [0.717, 1.165) is 5.56 Å². The summed E-state index contributed by atoms with van der Waals surface area (Å²) in [5, 5.41) is 12.1. The molecule has 0 amide bonds. The van der Waals surface area contributed by atoms with Crippen molar-refractivity contribution in [1.29, 1.82) is 0 Å². The van der Waals surface area contributed by atoms with Crippen LogP contribution < -0.4 is 9.47 Å². The highest BCUT2D eigenvalue weighted by Gasteiger charge is 2.11. The molecule has 8 nitrogen and oxygen atoms in total. The van der Waals surface area contributed by atoms with Crippen molar-refractivity contribution in [3.8, 4) is 22.9 Å². The molecule has 22 heavy (non-hydrogen) atoms. The van der Waals surface area contributed by atoms with Crippen molar-refractivity contribution in [3.05, 3.63) is 18.2 Å². The normalized spacial score (nSPS) is 10.3. The molecule has 0 fully saturated rings. The van der Waals surface area contributed by atoms with Gasteiger partial charge in [0.2, 0.25) is 5.82 Å². The number of methoxy groups -OCH3 is 2. The van der Waals surface area contributed by atoms with Crippen LogP contribution in [0.3, 0.4) is 0 Å². The summed E-state index contributed by atoms with van der Waals surface area (Å²) in [6, 6.07) is 5.41. The van der Waals surface area contributed by atoms with E-state index in [1.54, 1.807) is 19.2 Å². The van der Waals surface area contributed by atoms with E-state index in [4.69, 9.17) is 9.47 Å². The molecule has 1 heterocycles. The highest BCUT2D eigenvalue weighted by molar-refractivity contribution is 5.69. The zero-order valence-corrected chi connectivity index (χ0v) is 12.8. The number of benzene rings is 1. The van der Waals surface area contributed by atoms with Crippen molar-refractivity contribution in [2.45, 2.75) is 19.9 Å². The van der Waals surface area contributed by atoms with E-state index in [1.165, 1.54) is 11.9 Å². The molecule has 1 aromatic carbocycles. The predicted molar refractivity (Wildman–Crippen MR) is 77.6 cm³/mol. The van der Waals surface area contributed by atoms with Gasteiger partial charge >= 0.3 is 5.97 Å². The molecule has 1 aromatic heterocycles. The molecule has 0 spiro atoms. The Morgan fingerprint density at radius 1 is 1.27 bits per heavy atom. The largest absolute Gasteiger partial charge is 0.493 e. The topological polar surface area (TPSA) is 88.4 Å². The van der Waals surface area contributed by atoms with E-state index in [-0.39, 0.29) is 12.4 Å². The van der Waals surface area contributed by atoms with Crippen LogP contribution in [0.4, 0.5) is 0 Å². The van der Waals surface area contributed by atoms with Gasteiger partial charge in [-0.05, 0) is 30.3 Å². The van der Waals surface area contributed by atoms with Crippen LogP contribution in [0, 0.1) is 0 Å². The van der Waals surface area contributed by atoms with Gasteiger partial charge in [0.1, 0.15) is 0 Å². The van der Waals surface area contributed by atoms with Gasteiger partial charge in [-0.2, -0.15) is 4.80 Å². The third kappa shape index (κ3) is 3.72. The fourth-order valence-electron chi connectivity index (χ4n) is 1.83. The van der Waals surface area contributed by atoms with Crippen LogP contribution in [-0.4, -0.2) is 47.0 Å². The Hall–Kier alpha value is -2.64. The number of aryl methyl sites for hydroxylation is 1. The maximum Gasteiger partial charge on any atom is 0.307 e. The second kappa shape index (κ2) is 7.39. The minimum absolute atomic E-state index is 0.193. The molecule has 0 N–H and O–H groups in total. The van der Waals surface area contributed by atoms with Gasteiger partial charge in [0.15, 0.2) is 11.5 Å². The lowest BCUT2D eigenvalue weighted by molar-refractivity contribution is -0.140. The molecule has 8 heteroatoms. The van der Waals surface area contributed by atoms with Crippen LogP contribution in [0.1, 0.15) is 13.3 Å². The number of tetrazole rings is 1. The van der Waals surface area contributed by atoms with Crippen molar-refractivity contribution in [2.24, 2.45) is 0 Å². The van der Waals surface area contributed by atoms with Gasteiger partial charge in [-0.1, -0.05) is 0 Å². The third-order valence-electron chi connectivity index (χ3n) is 2.92. The van der Waals surface area contributed by atoms with E-state index in [9.17, 15) is 4.79 Å². The highest BCUT2D eigenvalue weighted by Crippen LogP contribution is 2.31. The smallest absolute Gasteiger partial charge is 0.307 e. The molecular formula is C14H18N4O4. The lowest BCUT2D eigenvalue weighted by atomic mass is 10.2. The Balaban J connectivity index is 2.14. The third-order valence-corrected chi connectivity index (χ3v) is 2.92. The first-order valence-electron chi connectivity index (χ1n) is 6.83. The van der Waals surface area contributed by atoms with Gasteiger partial charge in [-0.3, -0.25) is 4.79 Å². The van der Waals surface area contributed by atoms with E-state index in [2.05, 4.69) is 20.1 Å². The Morgan fingerprint density at radius 3 is 2.77 bits per heavy atom. The standard InChI is InChI=1S/C14H18N4O4/c1-4-22-11-6-5-10(9-12(11)20-2)14-15-17-18(16-14)8-7-13(19)21-3/h5-6,9H,4,7-8H2,1-3H3.